The van der Waals surface area contributed by atoms with Crippen LogP contribution in [0, 0.1) is 17.8 Å². The van der Waals surface area contributed by atoms with Crippen molar-refractivity contribution in [2.45, 2.75) is 52.3 Å². The van der Waals surface area contributed by atoms with Crippen LogP contribution in [0.2, 0.25) is 0 Å². The van der Waals surface area contributed by atoms with Crippen molar-refractivity contribution in [2.75, 3.05) is 38.3 Å². The molecule has 0 atom stereocenters. The van der Waals surface area contributed by atoms with Crippen LogP contribution >= 0.6 is 34.0 Å². The molecule has 17 heteroatoms. The topological polar surface area (TPSA) is 216 Å². The summed E-state index contributed by atoms with van der Waals surface area (Å²) in [4.78, 5) is 46.4. The quantitative estimate of drug-likeness (QED) is 0.133. The van der Waals surface area contributed by atoms with E-state index in [1.807, 2.05) is 32.9 Å². The number of carbonyl (C=O) groups is 3. The fraction of sp³-hybridized carbons (Fsp3) is 0.382. The molecule has 1 saturated heterocycles. The van der Waals surface area contributed by atoms with Crippen molar-refractivity contribution < 1.29 is 33.7 Å². The first-order valence-corrected chi connectivity index (χ1v) is 15.7. The normalized spacial score (nSPS) is 13.3. The molecular weight excluding hydrogens is 792 g/mol. The number of aromatic nitrogens is 4. The van der Waals surface area contributed by atoms with E-state index in [0.717, 1.165) is 12.8 Å². The Kier molecular flexibility index (Phi) is 13.4. The summed E-state index contributed by atoms with van der Waals surface area (Å²) in [5.41, 5.74) is 19.7. The first kappa shape index (κ1) is 40.5. The van der Waals surface area contributed by atoms with Crippen LogP contribution in [-0.4, -0.2) is 79.5 Å². The van der Waals surface area contributed by atoms with Gasteiger partial charge in [0.25, 0.3) is 0 Å². The number of methoxy groups -OCH3 is 1. The minimum Gasteiger partial charge on any atom is -0.494 e. The van der Waals surface area contributed by atoms with Crippen LogP contribution < -0.4 is 26.7 Å². The monoisotopic (exact) mass is 832 g/mol. The number of carboxylic acid groups (broad SMARTS) is 1. The highest BCUT2D eigenvalue weighted by molar-refractivity contribution is 8.93. The van der Waals surface area contributed by atoms with E-state index < -0.39 is 17.5 Å². The van der Waals surface area contributed by atoms with Crippen LogP contribution in [0.5, 0.6) is 11.5 Å². The second kappa shape index (κ2) is 16.8. The molecular formula is C34H42Br2N8O7. The number of carboxylic acids is 1. The van der Waals surface area contributed by atoms with Crippen LogP contribution in [0.3, 0.4) is 0 Å². The third kappa shape index (κ3) is 9.44. The Balaban J connectivity index is 0.00000351. The van der Waals surface area contributed by atoms with Gasteiger partial charge in [-0.15, -0.1) is 34.0 Å². The Morgan fingerprint density at radius 1 is 0.922 bits per heavy atom. The number of benzene rings is 2. The van der Waals surface area contributed by atoms with Crippen molar-refractivity contribution in [1.29, 1.82) is 0 Å². The van der Waals surface area contributed by atoms with E-state index in [0.29, 0.717) is 59.7 Å². The highest BCUT2D eigenvalue weighted by Crippen LogP contribution is 2.31. The number of ether oxygens (including phenoxy) is 3. The molecule has 2 aromatic carbocycles. The Hall–Kier alpha value is -4.95. The van der Waals surface area contributed by atoms with Gasteiger partial charge >= 0.3 is 12.1 Å². The molecule has 0 radical (unpaired) electrons. The molecule has 0 aliphatic carbocycles. The molecule has 15 nitrogen and oxygen atoms in total. The summed E-state index contributed by atoms with van der Waals surface area (Å²) in [6, 6.07) is 5.97. The van der Waals surface area contributed by atoms with Gasteiger partial charge in [0.1, 0.15) is 34.7 Å². The largest absolute Gasteiger partial charge is 0.494 e. The van der Waals surface area contributed by atoms with Crippen LogP contribution in [0.4, 0.5) is 16.7 Å². The molecule has 274 valence electrons. The lowest BCUT2D eigenvalue weighted by Gasteiger charge is -2.31. The minimum atomic E-state index is -1.10. The molecule has 4 aromatic rings. The van der Waals surface area contributed by atoms with Gasteiger partial charge in [-0.05, 0) is 57.9 Å². The molecule has 0 spiro atoms. The predicted molar refractivity (Wildman–Crippen MR) is 204 cm³/mol. The van der Waals surface area contributed by atoms with Gasteiger partial charge < -0.3 is 50.6 Å². The number of halogens is 2. The van der Waals surface area contributed by atoms with Crippen molar-refractivity contribution in [3.05, 3.63) is 47.5 Å². The number of anilines is 2. The number of carbonyl (C=O) groups excluding carboxylic acids is 2. The van der Waals surface area contributed by atoms with Gasteiger partial charge in [-0.3, -0.25) is 4.79 Å². The fourth-order valence-corrected chi connectivity index (χ4v) is 5.59. The van der Waals surface area contributed by atoms with Crippen molar-refractivity contribution in [3.8, 4) is 23.3 Å². The maximum absolute atomic E-state index is 12.4. The van der Waals surface area contributed by atoms with Crippen molar-refractivity contribution >= 4 is 85.9 Å². The van der Waals surface area contributed by atoms with Crippen molar-refractivity contribution in [1.82, 2.24) is 24.0 Å². The van der Waals surface area contributed by atoms with Crippen molar-refractivity contribution in [2.24, 2.45) is 11.7 Å². The number of hydrogen-bond donors (Lipinski definition) is 4. The number of nitrogens with zero attached hydrogens (tertiary/aromatic N) is 5. The maximum atomic E-state index is 12.4. The minimum absolute atomic E-state index is 0. The van der Waals surface area contributed by atoms with Gasteiger partial charge in [-0.2, -0.15) is 0 Å². The first-order valence-electron chi connectivity index (χ1n) is 15.7. The number of primary amides is 1. The molecule has 2 amide bonds. The zero-order chi connectivity index (χ0) is 35.5. The lowest BCUT2D eigenvalue weighted by molar-refractivity contribution is 0.0199. The van der Waals surface area contributed by atoms with Gasteiger partial charge in [-0.25, -0.2) is 19.6 Å². The van der Waals surface area contributed by atoms with Gasteiger partial charge in [0.15, 0.2) is 0 Å². The average Bonchev–Trinajstić information content (AvgIpc) is 3.54. The highest BCUT2D eigenvalue weighted by Gasteiger charge is 2.26. The number of piperidine rings is 1. The molecule has 3 heterocycles. The summed E-state index contributed by atoms with van der Waals surface area (Å²) in [5, 5.41) is 9.42. The lowest BCUT2D eigenvalue weighted by atomic mass is 9.98. The van der Waals surface area contributed by atoms with Gasteiger partial charge in [0, 0.05) is 37.7 Å². The van der Waals surface area contributed by atoms with E-state index in [9.17, 15) is 19.5 Å². The van der Waals surface area contributed by atoms with E-state index in [4.69, 9.17) is 31.4 Å². The first-order chi connectivity index (χ1) is 23.3. The number of allylic oxidation sites excluding steroid dienone is 2. The summed E-state index contributed by atoms with van der Waals surface area (Å²) in [6.07, 6.45) is 4.84. The lowest BCUT2D eigenvalue weighted by Crippen LogP contribution is -2.41. The number of nitrogen functional groups attached to an aromatic ring is 2. The molecule has 51 heavy (non-hydrogen) atoms. The molecule has 2 aromatic heterocycles. The molecule has 0 saturated carbocycles. The van der Waals surface area contributed by atoms with Crippen LogP contribution in [0.25, 0.3) is 22.1 Å². The average molecular weight is 835 g/mol. The highest BCUT2D eigenvalue weighted by atomic mass is 79.9. The third-order valence-corrected chi connectivity index (χ3v) is 7.92. The van der Waals surface area contributed by atoms with Crippen LogP contribution in [0.15, 0.2) is 36.4 Å². The number of nitrogens with two attached hydrogens (primary N) is 3. The molecule has 1 fully saturated rings. The Morgan fingerprint density at radius 3 is 1.96 bits per heavy atom. The summed E-state index contributed by atoms with van der Waals surface area (Å²) >= 11 is 0. The molecule has 5 rings (SSSR count). The summed E-state index contributed by atoms with van der Waals surface area (Å²) in [5.74, 6) is 5.74. The second-order valence-electron chi connectivity index (χ2n) is 12.5. The Morgan fingerprint density at radius 2 is 1.45 bits per heavy atom. The van der Waals surface area contributed by atoms with Gasteiger partial charge in [-0.1, -0.05) is 24.0 Å². The number of aromatic carboxylic acids is 1. The van der Waals surface area contributed by atoms with Crippen molar-refractivity contribution in [3.63, 3.8) is 0 Å². The number of rotatable bonds is 9. The predicted octanol–water partition coefficient (Wildman–Crippen LogP) is 4.80. The van der Waals surface area contributed by atoms with Gasteiger partial charge in [0.05, 0.1) is 23.7 Å². The maximum Gasteiger partial charge on any atom is 0.410 e. The zero-order valence-corrected chi connectivity index (χ0v) is 32.1. The van der Waals surface area contributed by atoms with E-state index in [1.165, 1.54) is 19.2 Å². The van der Waals surface area contributed by atoms with Crippen LogP contribution in [0.1, 0.15) is 54.3 Å². The van der Waals surface area contributed by atoms with E-state index in [2.05, 4.69) is 21.8 Å². The fourth-order valence-electron chi connectivity index (χ4n) is 5.59. The number of imidazole rings is 2. The third-order valence-electron chi connectivity index (χ3n) is 7.92. The number of amides is 2. The molecule has 1 aliphatic heterocycles. The Labute approximate surface area is 315 Å². The Bertz CT molecular complexity index is 2020. The number of likely N-dealkylation sites (tertiary alicyclic amines) is 1. The zero-order valence-electron chi connectivity index (χ0n) is 28.7. The molecule has 0 unspecified atom stereocenters. The molecule has 0 bridgehead atoms. The molecule has 1 aliphatic rings. The standard InChI is InChI=1S/C34H40N8O7.2BrH/c1-34(2,3)49-33(46)40-13-9-20(10-14-40)8-7-15-48-26-18-21(29(35)43)16-23-28(26)42(32(37)38-23)12-6-5-11-41-27-24(39-31(41)36)17-22(30(44)45)19-25(27)47-4;;/h5-6,16-20H,9-15H2,1-4H3,(H2,35,43)(H2,36,39)(H2,37,38)(H,44,45);2*1H. The van der Waals surface area contributed by atoms with Crippen LogP contribution in [-0.2, 0) is 17.8 Å². The van der Waals surface area contributed by atoms with Gasteiger partial charge in [0.2, 0.25) is 17.8 Å². The summed E-state index contributed by atoms with van der Waals surface area (Å²) < 4.78 is 20.4. The van der Waals surface area contributed by atoms with E-state index in [-0.39, 0.29) is 75.6 Å². The number of hydrogen-bond acceptors (Lipinski definition) is 10. The molecule has 7 N–H and O–H groups in total. The SMILES string of the molecule is Br.Br.COc1cc(C(=O)O)cc2nc(N)n(CC=CCn3c(N)nc4cc(C(N)=O)cc(OCC#CC5CCN(C(=O)OC(C)(C)C)CC5)c43)c12. The number of fused-ring (bicyclic) bond motifs is 2. The summed E-state index contributed by atoms with van der Waals surface area (Å²) in [6.45, 7) is 7.29. The van der Waals surface area contributed by atoms with E-state index in [1.54, 1.807) is 26.2 Å². The summed E-state index contributed by atoms with van der Waals surface area (Å²) in [7, 11) is 1.45. The smallest absolute Gasteiger partial charge is 0.410 e. The second-order valence-corrected chi connectivity index (χ2v) is 12.5. The van der Waals surface area contributed by atoms with E-state index >= 15 is 0 Å².